The molecule has 0 aliphatic heterocycles. The first-order chi connectivity index (χ1) is 13.9. The lowest BCUT2D eigenvalue weighted by Crippen LogP contribution is -2.68. The number of nitrogens with zero attached hydrogens (tertiary/aromatic N) is 2. The highest BCUT2D eigenvalue weighted by molar-refractivity contribution is 5.86. The lowest BCUT2D eigenvalue weighted by molar-refractivity contribution is -2.00. The van der Waals surface area contributed by atoms with Crippen LogP contribution in [0, 0.1) is 10.2 Å². The molecule has 29 heavy (non-hydrogen) atoms. The molecule has 0 saturated carbocycles. The Kier molecular flexibility index (Phi) is 5.19. The van der Waals surface area contributed by atoms with Gasteiger partial charge in [0.05, 0.1) is 0 Å². The molecule has 0 amide bonds. The Bertz CT molecular complexity index is 1280. The van der Waals surface area contributed by atoms with Crippen LogP contribution in [-0.2, 0) is 6.54 Å². The van der Waals surface area contributed by atoms with E-state index in [9.17, 15) is 0 Å². The second-order valence-electron chi connectivity index (χ2n) is 6.61. The molecule has 0 aliphatic carbocycles. The highest BCUT2D eigenvalue weighted by Crippen LogP contribution is 2.19. The van der Waals surface area contributed by atoms with Gasteiger partial charge in [-0.25, -0.2) is 27.6 Å². The third-order valence-corrected chi connectivity index (χ3v) is 4.75. The Balaban J connectivity index is 0.000000369. The summed E-state index contributed by atoms with van der Waals surface area (Å²) in [4.78, 5) is 0. The fraction of sp³-hybridized carbons (Fsp3) is 0.0455. The van der Waals surface area contributed by atoms with Crippen molar-refractivity contribution in [3.63, 3.8) is 0 Å². The molecule has 5 aromatic rings. The van der Waals surface area contributed by atoms with Crippen LogP contribution in [0.1, 0.15) is 5.56 Å². The van der Waals surface area contributed by atoms with Crippen molar-refractivity contribution in [3.8, 4) is 0 Å². The normalized spacial score (nSPS) is 11.6. The van der Waals surface area contributed by atoms with Gasteiger partial charge < -0.3 is 0 Å². The van der Waals surface area contributed by atoms with Gasteiger partial charge in [-0.3, -0.25) is 0 Å². The van der Waals surface area contributed by atoms with Crippen molar-refractivity contribution in [3.05, 3.63) is 97.0 Å². The minimum Gasteiger partial charge on any atom is -0.226 e. The van der Waals surface area contributed by atoms with Gasteiger partial charge in [-0.15, -0.1) is 10.2 Å². The number of hydrogen-bond donors (Lipinski definition) is 0. The summed E-state index contributed by atoms with van der Waals surface area (Å²) in [6.07, 6.45) is 6.49. The quantitative estimate of drug-likeness (QED) is 0.378. The standard InChI is InChI=1S/C22H17N2.ClHO4/c1-2-8-19-15-23-12-13-24(22(23)14-18(19)7-1)16-20-10-5-9-17-6-3-4-11-21(17)20;2-1(3,4)5/h1-15H,16H2;(H,2,3,4,5)/q+1;/p-1. The third kappa shape index (κ3) is 4.54. The van der Waals surface area contributed by atoms with Crippen molar-refractivity contribution in [2.24, 2.45) is 0 Å². The van der Waals surface area contributed by atoms with Crippen molar-refractivity contribution < 1.29 is 33.4 Å². The van der Waals surface area contributed by atoms with E-state index in [2.05, 4.69) is 100 Å². The molecule has 0 fully saturated rings. The summed E-state index contributed by atoms with van der Waals surface area (Å²) in [5.74, 6) is 0. The molecule has 0 bridgehead atoms. The second kappa shape index (κ2) is 7.79. The minimum atomic E-state index is -4.94. The average molecular weight is 409 g/mol. The lowest BCUT2D eigenvalue weighted by Gasteiger charge is -2.17. The van der Waals surface area contributed by atoms with E-state index in [-0.39, 0.29) is 0 Å². The predicted octanol–water partition coefficient (Wildman–Crippen LogP) is -0.174. The maximum Gasteiger partial charge on any atom is 0.287 e. The van der Waals surface area contributed by atoms with E-state index in [0.717, 1.165) is 6.54 Å². The van der Waals surface area contributed by atoms with Crippen molar-refractivity contribution in [1.29, 1.82) is 0 Å². The first-order valence-corrected chi connectivity index (χ1v) is 10.1. The molecule has 2 heterocycles. The molecule has 5 rings (SSSR count). The summed E-state index contributed by atoms with van der Waals surface area (Å²) in [5.41, 5.74) is 2.56. The second-order valence-corrected chi connectivity index (χ2v) is 7.37. The molecule has 0 unspecified atom stereocenters. The predicted molar refractivity (Wildman–Crippen MR) is 98.1 cm³/mol. The minimum absolute atomic E-state index is 0.871. The molecule has 3 aromatic carbocycles. The number of benzene rings is 3. The average Bonchev–Trinajstić information content (AvgIpc) is 3.07. The maximum absolute atomic E-state index is 8.49. The molecule has 146 valence electrons. The number of pyridine rings is 1. The summed E-state index contributed by atoms with van der Waals surface area (Å²) in [7, 11) is -4.94. The zero-order chi connectivity index (χ0) is 20.4. The van der Waals surface area contributed by atoms with Gasteiger partial charge in [0.25, 0.3) is 5.65 Å². The van der Waals surface area contributed by atoms with Gasteiger partial charge in [-0.2, -0.15) is 0 Å². The summed E-state index contributed by atoms with van der Waals surface area (Å²) in [6, 6.07) is 25.9. The third-order valence-electron chi connectivity index (χ3n) is 4.75. The van der Waals surface area contributed by atoms with Crippen LogP contribution in [0.25, 0.3) is 27.2 Å². The Labute approximate surface area is 168 Å². The molecule has 2 aromatic heterocycles. The van der Waals surface area contributed by atoms with Crippen LogP contribution >= 0.6 is 0 Å². The number of fused-ring (bicyclic) bond motifs is 3. The molecule has 0 aliphatic rings. The first kappa shape index (κ1) is 19.3. The molecule has 0 atom stereocenters. The van der Waals surface area contributed by atoms with Crippen LogP contribution in [0.5, 0.6) is 0 Å². The smallest absolute Gasteiger partial charge is 0.226 e. The zero-order valence-electron chi connectivity index (χ0n) is 15.3. The molecular formula is C22H17ClN2O4. The molecule has 0 spiro atoms. The van der Waals surface area contributed by atoms with Crippen LogP contribution in [-0.4, -0.2) is 4.40 Å². The summed E-state index contributed by atoms with van der Waals surface area (Å²) < 4.78 is 38.5. The fourth-order valence-corrected chi connectivity index (χ4v) is 3.52. The van der Waals surface area contributed by atoms with Crippen molar-refractivity contribution in [2.75, 3.05) is 0 Å². The van der Waals surface area contributed by atoms with E-state index in [1.54, 1.807) is 0 Å². The number of rotatable bonds is 2. The molecular weight excluding hydrogens is 392 g/mol. The van der Waals surface area contributed by atoms with E-state index in [4.69, 9.17) is 18.6 Å². The Hall–Kier alpha value is -3.00. The van der Waals surface area contributed by atoms with E-state index in [1.165, 1.54) is 32.8 Å². The number of imidazole rings is 1. The highest BCUT2D eigenvalue weighted by atomic mass is 35.7. The molecule has 6 nitrogen and oxygen atoms in total. The molecule has 7 heteroatoms. The van der Waals surface area contributed by atoms with Gasteiger partial charge in [-0.1, -0.05) is 66.7 Å². The van der Waals surface area contributed by atoms with Crippen LogP contribution < -0.4 is 23.2 Å². The van der Waals surface area contributed by atoms with E-state index in [0.29, 0.717) is 0 Å². The van der Waals surface area contributed by atoms with Gasteiger partial charge >= 0.3 is 0 Å². The van der Waals surface area contributed by atoms with Crippen LogP contribution in [0.15, 0.2) is 91.4 Å². The summed E-state index contributed by atoms with van der Waals surface area (Å²) >= 11 is 0. The Morgan fingerprint density at radius 1 is 0.759 bits per heavy atom. The van der Waals surface area contributed by atoms with Gasteiger partial charge in [0.2, 0.25) is 0 Å². The van der Waals surface area contributed by atoms with E-state index < -0.39 is 10.2 Å². The van der Waals surface area contributed by atoms with Crippen LogP contribution in [0.4, 0.5) is 0 Å². The summed E-state index contributed by atoms with van der Waals surface area (Å²) in [6.45, 7) is 0.871. The molecule has 0 saturated heterocycles. The SMILES string of the molecule is [O-][Cl+3]([O-])([O-])[O-].c1ccc2cn3cc[n+](Cc4cccc5ccccc45)c3cc2c1. The molecule has 0 N–H and O–H groups in total. The van der Waals surface area contributed by atoms with Gasteiger partial charge in [-0.05, 0) is 16.2 Å². The van der Waals surface area contributed by atoms with Gasteiger partial charge in [0, 0.05) is 17.0 Å². The Morgan fingerprint density at radius 2 is 1.38 bits per heavy atom. The van der Waals surface area contributed by atoms with Gasteiger partial charge in [0.15, 0.2) is 0 Å². The fourth-order valence-electron chi connectivity index (χ4n) is 3.52. The first-order valence-electron chi connectivity index (χ1n) is 8.86. The number of hydrogen-bond acceptors (Lipinski definition) is 4. The van der Waals surface area contributed by atoms with Gasteiger partial charge in [0.1, 0.15) is 25.1 Å². The highest BCUT2D eigenvalue weighted by Gasteiger charge is 2.12. The lowest BCUT2D eigenvalue weighted by atomic mass is 10.0. The zero-order valence-corrected chi connectivity index (χ0v) is 16.0. The monoisotopic (exact) mass is 408 g/mol. The van der Waals surface area contributed by atoms with E-state index >= 15 is 0 Å². The van der Waals surface area contributed by atoms with Crippen LogP contribution in [0.2, 0.25) is 0 Å². The number of aromatic nitrogens is 2. The van der Waals surface area contributed by atoms with Crippen molar-refractivity contribution in [2.45, 2.75) is 6.54 Å². The molecule has 0 radical (unpaired) electrons. The largest absolute Gasteiger partial charge is 0.287 e. The maximum atomic E-state index is 8.49. The van der Waals surface area contributed by atoms with Crippen molar-refractivity contribution >= 4 is 27.2 Å². The van der Waals surface area contributed by atoms with Crippen LogP contribution in [0.3, 0.4) is 0 Å². The van der Waals surface area contributed by atoms with E-state index in [1.807, 2.05) is 0 Å². The Morgan fingerprint density at radius 3 is 2.14 bits per heavy atom. The number of halogens is 1. The van der Waals surface area contributed by atoms with Crippen molar-refractivity contribution in [1.82, 2.24) is 4.40 Å². The summed E-state index contributed by atoms with van der Waals surface area (Å²) in [5, 5.41) is 5.16. The topological polar surface area (TPSA) is 101 Å².